The number of nitrogen functional groups attached to an aromatic ring is 1. The summed E-state index contributed by atoms with van der Waals surface area (Å²) in [6, 6.07) is 5.31. The summed E-state index contributed by atoms with van der Waals surface area (Å²) in [4.78, 5) is 12.0. The summed E-state index contributed by atoms with van der Waals surface area (Å²) in [7, 11) is 3.22. The molecule has 1 amide bonds. The maximum absolute atomic E-state index is 12.0. The van der Waals surface area contributed by atoms with Gasteiger partial charge in [0.1, 0.15) is 17.1 Å². The van der Waals surface area contributed by atoms with E-state index in [1.54, 1.807) is 32.4 Å². The number of hydrogen-bond donors (Lipinski definition) is 2. The van der Waals surface area contributed by atoms with E-state index in [0.29, 0.717) is 27.7 Å². The van der Waals surface area contributed by atoms with Gasteiger partial charge in [0.2, 0.25) is 0 Å². The zero-order valence-electron chi connectivity index (χ0n) is 11.2. The molecule has 0 aliphatic rings. The van der Waals surface area contributed by atoms with Crippen LogP contribution in [0.25, 0.3) is 0 Å². The molecule has 7 heteroatoms. The number of methoxy groups -OCH3 is 1. The van der Waals surface area contributed by atoms with Crippen molar-refractivity contribution < 1.29 is 9.53 Å². The summed E-state index contributed by atoms with van der Waals surface area (Å²) in [6.45, 7) is 0.246. The molecule has 0 saturated carbocycles. The lowest BCUT2D eigenvalue weighted by Crippen LogP contribution is -2.24. The number of hydrogen-bond acceptors (Lipinski definition) is 4. The summed E-state index contributed by atoms with van der Waals surface area (Å²) >= 11 is 6.10. The third-order valence-electron chi connectivity index (χ3n) is 2.95. The van der Waals surface area contributed by atoms with Gasteiger partial charge in [-0.15, -0.1) is 0 Å². The lowest BCUT2D eigenvalue weighted by atomic mass is 10.2. The second-order valence-electron chi connectivity index (χ2n) is 4.17. The highest BCUT2D eigenvalue weighted by molar-refractivity contribution is 6.31. The van der Waals surface area contributed by atoms with Crippen LogP contribution in [0.5, 0.6) is 5.75 Å². The monoisotopic (exact) mass is 294 g/mol. The Labute approximate surface area is 121 Å². The van der Waals surface area contributed by atoms with Gasteiger partial charge in [-0.2, -0.15) is 5.10 Å². The Hall–Kier alpha value is -2.21. The first-order valence-corrected chi connectivity index (χ1v) is 6.29. The Bertz CT molecular complexity index is 639. The van der Waals surface area contributed by atoms with Crippen molar-refractivity contribution in [1.82, 2.24) is 15.1 Å². The van der Waals surface area contributed by atoms with Gasteiger partial charge < -0.3 is 15.8 Å². The molecule has 1 heterocycles. The van der Waals surface area contributed by atoms with E-state index in [9.17, 15) is 4.79 Å². The highest BCUT2D eigenvalue weighted by atomic mass is 35.5. The standard InChI is InChI=1S/C13H15ClN4O2/c1-18-12(15)9(7-17-18)13(19)16-6-8-10(14)4-3-5-11(8)20-2/h3-5,7H,6,15H2,1-2H3,(H,16,19). The molecule has 1 aromatic heterocycles. The summed E-state index contributed by atoms with van der Waals surface area (Å²) in [5.74, 6) is 0.628. The SMILES string of the molecule is COc1cccc(Cl)c1CNC(=O)c1cnn(C)c1N. The smallest absolute Gasteiger partial charge is 0.256 e. The second kappa shape index (κ2) is 5.83. The van der Waals surface area contributed by atoms with Crippen LogP contribution in [0.4, 0.5) is 5.82 Å². The highest BCUT2D eigenvalue weighted by Crippen LogP contribution is 2.26. The fourth-order valence-corrected chi connectivity index (χ4v) is 2.02. The Balaban J connectivity index is 2.13. The number of anilines is 1. The Morgan fingerprint density at radius 1 is 1.55 bits per heavy atom. The number of nitrogens with two attached hydrogens (primary N) is 1. The first kappa shape index (κ1) is 14.2. The molecule has 6 nitrogen and oxygen atoms in total. The maximum Gasteiger partial charge on any atom is 0.256 e. The van der Waals surface area contributed by atoms with Crippen LogP contribution < -0.4 is 15.8 Å². The van der Waals surface area contributed by atoms with Crippen LogP contribution in [0.3, 0.4) is 0 Å². The predicted molar refractivity (Wildman–Crippen MR) is 76.8 cm³/mol. The molecule has 0 radical (unpaired) electrons. The van der Waals surface area contributed by atoms with E-state index in [-0.39, 0.29) is 12.5 Å². The van der Waals surface area contributed by atoms with E-state index in [4.69, 9.17) is 22.1 Å². The molecular weight excluding hydrogens is 280 g/mol. The van der Waals surface area contributed by atoms with Gasteiger partial charge in [-0.3, -0.25) is 9.48 Å². The van der Waals surface area contributed by atoms with E-state index in [0.717, 1.165) is 0 Å². The van der Waals surface area contributed by atoms with Crippen LogP contribution in [0.1, 0.15) is 15.9 Å². The summed E-state index contributed by atoms with van der Waals surface area (Å²) in [5, 5.41) is 7.20. The fourth-order valence-electron chi connectivity index (χ4n) is 1.79. The van der Waals surface area contributed by atoms with Gasteiger partial charge in [0, 0.05) is 24.2 Å². The van der Waals surface area contributed by atoms with Crippen molar-refractivity contribution >= 4 is 23.3 Å². The van der Waals surface area contributed by atoms with Gasteiger partial charge in [0.05, 0.1) is 13.3 Å². The van der Waals surface area contributed by atoms with E-state index in [2.05, 4.69) is 10.4 Å². The quantitative estimate of drug-likeness (QED) is 0.897. The maximum atomic E-state index is 12.0. The molecular formula is C13H15ClN4O2. The number of ether oxygens (including phenoxy) is 1. The minimum absolute atomic E-state index is 0.246. The number of amides is 1. The molecule has 3 N–H and O–H groups in total. The van der Waals surface area contributed by atoms with Crippen molar-refractivity contribution in [2.24, 2.45) is 7.05 Å². The number of aromatic nitrogens is 2. The minimum atomic E-state index is -0.308. The van der Waals surface area contributed by atoms with Crippen LogP contribution >= 0.6 is 11.6 Å². The molecule has 0 atom stereocenters. The van der Waals surface area contributed by atoms with Gasteiger partial charge >= 0.3 is 0 Å². The number of carbonyl (C=O) groups excluding carboxylic acids is 1. The summed E-state index contributed by atoms with van der Waals surface area (Å²) < 4.78 is 6.65. The van der Waals surface area contributed by atoms with E-state index < -0.39 is 0 Å². The first-order valence-electron chi connectivity index (χ1n) is 5.91. The van der Waals surface area contributed by atoms with E-state index in [1.807, 2.05) is 0 Å². The number of halogens is 1. The summed E-state index contributed by atoms with van der Waals surface area (Å²) in [6.07, 6.45) is 1.43. The van der Waals surface area contributed by atoms with Crippen LogP contribution in [-0.4, -0.2) is 22.8 Å². The normalized spacial score (nSPS) is 10.3. The topological polar surface area (TPSA) is 82.2 Å². The molecule has 0 aliphatic carbocycles. The van der Waals surface area contributed by atoms with Crippen LogP contribution in [0.2, 0.25) is 5.02 Å². The fraction of sp³-hybridized carbons (Fsp3) is 0.231. The largest absolute Gasteiger partial charge is 0.496 e. The number of nitrogens with one attached hydrogen (secondary N) is 1. The molecule has 0 unspecified atom stereocenters. The molecule has 0 aliphatic heterocycles. The molecule has 0 saturated heterocycles. The van der Waals surface area contributed by atoms with E-state index in [1.165, 1.54) is 10.9 Å². The average molecular weight is 295 g/mol. The molecule has 1 aromatic carbocycles. The van der Waals surface area contributed by atoms with Crippen LogP contribution in [0.15, 0.2) is 24.4 Å². The van der Waals surface area contributed by atoms with Gasteiger partial charge in [-0.05, 0) is 12.1 Å². The van der Waals surface area contributed by atoms with Crippen LogP contribution in [-0.2, 0) is 13.6 Å². The zero-order valence-corrected chi connectivity index (χ0v) is 11.9. The van der Waals surface area contributed by atoms with Gasteiger partial charge in [-0.25, -0.2) is 0 Å². The van der Waals surface area contributed by atoms with Crippen molar-refractivity contribution in [3.63, 3.8) is 0 Å². The Kier molecular flexibility index (Phi) is 4.14. The molecule has 106 valence electrons. The zero-order chi connectivity index (χ0) is 14.7. The minimum Gasteiger partial charge on any atom is -0.496 e. The number of rotatable bonds is 4. The molecule has 0 bridgehead atoms. The number of aryl methyl sites for hydroxylation is 1. The number of benzene rings is 1. The lowest BCUT2D eigenvalue weighted by Gasteiger charge is -2.11. The van der Waals surface area contributed by atoms with Gasteiger partial charge in [0.25, 0.3) is 5.91 Å². The first-order chi connectivity index (χ1) is 9.54. The molecule has 0 fully saturated rings. The third kappa shape index (κ3) is 2.70. The van der Waals surface area contributed by atoms with Crippen molar-refractivity contribution in [1.29, 1.82) is 0 Å². The molecule has 2 aromatic rings. The average Bonchev–Trinajstić information content (AvgIpc) is 2.77. The predicted octanol–water partition coefficient (Wildman–Crippen LogP) is 1.59. The Morgan fingerprint density at radius 3 is 2.90 bits per heavy atom. The number of carbonyl (C=O) groups is 1. The Morgan fingerprint density at radius 2 is 2.30 bits per heavy atom. The molecule has 0 spiro atoms. The van der Waals surface area contributed by atoms with Crippen molar-refractivity contribution in [2.45, 2.75) is 6.54 Å². The van der Waals surface area contributed by atoms with Gasteiger partial charge in [0.15, 0.2) is 0 Å². The van der Waals surface area contributed by atoms with Crippen molar-refractivity contribution in [2.75, 3.05) is 12.8 Å². The van der Waals surface area contributed by atoms with Gasteiger partial charge in [-0.1, -0.05) is 17.7 Å². The number of nitrogens with zero attached hydrogens (tertiary/aromatic N) is 2. The second-order valence-corrected chi connectivity index (χ2v) is 4.58. The highest BCUT2D eigenvalue weighted by Gasteiger charge is 2.15. The summed E-state index contributed by atoms with van der Waals surface area (Å²) in [5.41, 5.74) is 6.79. The van der Waals surface area contributed by atoms with Crippen molar-refractivity contribution in [3.8, 4) is 5.75 Å². The lowest BCUT2D eigenvalue weighted by molar-refractivity contribution is 0.0951. The van der Waals surface area contributed by atoms with E-state index >= 15 is 0 Å². The molecule has 2 rings (SSSR count). The van der Waals surface area contributed by atoms with Crippen LogP contribution in [0, 0.1) is 0 Å². The third-order valence-corrected chi connectivity index (χ3v) is 3.30. The molecule has 20 heavy (non-hydrogen) atoms. The van der Waals surface area contributed by atoms with Crippen molar-refractivity contribution in [3.05, 3.63) is 40.5 Å².